The lowest BCUT2D eigenvalue weighted by Gasteiger charge is -2.35. The minimum atomic E-state index is 0.315. The average molecular weight is 1420 g/mol. The number of likely N-dealkylation sites (tertiary alicyclic amines) is 5. The van der Waals surface area contributed by atoms with E-state index in [0.29, 0.717) is 110 Å². The number of hydrogen-bond donors (Lipinski definition) is 0. The molecule has 14 heteroatoms. The van der Waals surface area contributed by atoms with E-state index < -0.39 is 0 Å². The van der Waals surface area contributed by atoms with Gasteiger partial charge in [0.05, 0.1) is 110 Å². The third-order valence-electron chi connectivity index (χ3n) is 19.5. The molecule has 5 heterocycles. The molecule has 14 nitrogen and oxygen atoms in total. The first-order valence-corrected chi connectivity index (χ1v) is 42.1. The van der Waals surface area contributed by atoms with Crippen LogP contribution < -0.4 is 0 Å². The summed E-state index contributed by atoms with van der Waals surface area (Å²) in [6, 6.07) is 11.8. The summed E-state index contributed by atoms with van der Waals surface area (Å²) in [6.45, 7) is 58.7. The van der Waals surface area contributed by atoms with Gasteiger partial charge in [-0.1, -0.05) is 88.6 Å². The van der Waals surface area contributed by atoms with Crippen molar-refractivity contribution in [3.63, 3.8) is 0 Å². The standard InChI is InChI=1S/C11H21NO.C11H23NO.C10H21NO.C10H14O.2C9H19NO.2C9H18O.C8H16O/c1-9(2)13-11-5-7-12(8-6-11)10-3-4-10;1-9(2)12-7-5-11(6-8-12)13-10(3)4;1-4-11-7-5-10(6-8-11)12-9(2)3;1-9(2)11-8-10-6-4-3-5-7-10;1-8(2)11-9-4-6-10(3)7-5-9;1-8(2)11-9-5-4-6-10(3)7-9;2*1-8(2)10-9-6-4-3-5-7-9;1-7(2)9-8-5-3-4-6-8/h9-11H,3-8H2,1-2H3;9-11H,5-8H2,1-4H3;9-10H,4-8H2,1-3H3;3-7,9H,8H2,1-2H3;2*8-9H,4-7H2,1-3H3;2*8-9H,3-7H2,1-2H3;7-8H,3-6H2,1-2H3. The molecule has 0 aromatic heterocycles. The number of likely N-dealkylation sites (N-methyl/N-ethyl adjacent to an activating group) is 1. The minimum absolute atomic E-state index is 0.315. The van der Waals surface area contributed by atoms with Crippen molar-refractivity contribution in [2.24, 2.45) is 0 Å². The van der Waals surface area contributed by atoms with Crippen molar-refractivity contribution in [1.29, 1.82) is 0 Å². The molecule has 1 aromatic carbocycles. The van der Waals surface area contributed by atoms with Gasteiger partial charge in [-0.05, 0) is 287 Å². The molecule has 0 N–H and O–H groups in total. The molecule has 9 aliphatic rings. The van der Waals surface area contributed by atoms with Crippen molar-refractivity contribution >= 4 is 0 Å². The van der Waals surface area contributed by atoms with Crippen molar-refractivity contribution in [1.82, 2.24) is 24.5 Å². The highest BCUT2D eigenvalue weighted by atomic mass is 16.5. The summed E-state index contributed by atoms with van der Waals surface area (Å²) >= 11 is 0. The first kappa shape index (κ1) is 94.7. The smallest absolute Gasteiger partial charge is 0.0720 e. The molecule has 4 aliphatic carbocycles. The highest BCUT2D eigenvalue weighted by Crippen LogP contribution is 2.30. The summed E-state index contributed by atoms with van der Waals surface area (Å²) in [6.07, 6.45) is 41.8. The summed E-state index contributed by atoms with van der Waals surface area (Å²) < 4.78 is 51.2. The van der Waals surface area contributed by atoms with E-state index in [-0.39, 0.29) is 0 Å². The molecule has 1 atom stereocenters. The molecule has 0 radical (unpaired) electrons. The van der Waals surface area contributed by atoms with Crippen molar-refractivity contribution in [2.75, 3.05) is 86.1 Å². The first-order valence-electron chi connectivity index (χ1n) is 42.1. The Bertz CT molecular complexity index is 1870. The number of piperidine rings is 5. The van der Waals surface area contributed by atoms with E-state index >= 15 is 0 Å². The molecule has 0 amide bonds. The average Bonchev–Trinajstić information content (AvgIpc) is 1.70. The molecule has 592 valence electrons. The first-order chi connectivity index (χ1) is 47.6. The molecule has 5 aliphatic heterocycles. The van der Waals surface area contributed by atoms with Crippen LogP contribution in [0.5, 0.6) is 0 Å². The van der Waals surface area contributed by atoms with Gasteiger partial charge in [-0.2, -0.15) is 0 Å². The molecule has 1 unspecified atom stereocenters. The van der Waals surface area contributed by atoms with E-state index in [1.807, 2.05) is 32.0 Å². The van der Waals surface area contributed by atoms with Crippen molar-refractivity contribution in [2.45, 2.75) is 435 Å². The molecule has 1 aromatic rings. The van der Waals surface area contributed by atoms with Gasteiger partial charge in [-0.15, -0.1) is 0 Å². The van der Waals surface area contributed by atoms with Crippen LogP contribution >= 0.6 is 0 Å². The van der Waals surface area contributed by atoms with Gasteiger partial charge < -0.3 is 67.1 Å². The zero-order valence-electron chi connectivity index (χ0n) is 70.1. The van der Waals surface area contributed by atoms with Gasteiger partial charge >= 0.3 is 0 Å². The Labute approximate surface area is 620 Å². The summed E-state index contributed by atoms with van der Waals surface area (Å²) in [5, 5.41) is 0. The molecule has 4 saturated carbocycles. The van der Waals surface area contributed by atoms with Crippen LogP contribution in [0.2, 0.25) is 0 Å². The van der Waals surface area contributed by atoms with Crippen molar-refractivity contribution in [3.05, 3.63) is 35.9 Å². The Morgan fingerprint density at radius 2 is 0.620 bits per heavy atom. The van der Waals surface area contributed by atoms with Gasteiger partial charge in [-0.3, -0.25) is 0 Å². The summed E-state index contributed by atoms with van der Waals surface area (Å²) in [5.41, 5.74) is 1.24. The number of nitrogens with zero attached hydrogens (tertiary/aromatic N) is 5. The molecular formula is C86H169N5O9. The number of ether oxygens (including phenoxy) is 9. The maximum atomic E-state index is 5.81. The monoisotopic (exact) mass is 1420 g/mol. The fourth-order valence-corrected chi connectivity index (χ4v) is 14.4. The highest BCUT2D eigenvalue weighted by molar-refractivity contribution is 5.13. The molecular weight excluding hydrogens is 1250 g/mol. The molecule has 0 spiro atoms. The van der Waals surface area contributed by atoms with Crippen LogP contribution in [0.25, 0.3) is 0 Å². The third kappa shape index (κ3) is 52.6. The Kier molecular flexibility index (Phi) is 54.7. The molecule has 100 heavy (non-hydrogen) atoms. The van der Waals surface area contributed by atoms with E-state index in [4.69, 9.17) is 42.6 Å². The van der Waals surface area contributed by atoms with Crippen molar-refractivity contribution in [3.8, 4) is 0 Å². The Morgan fingerprint density at radius 1 is 0.310 bits per heavy atom. The number of benzene rings is 1. The largest absolute Gasteiger partial charge is 0.376 e. The normalized spacial score (nSPS) is 22.0. The number of rotatable bonds is 22. The SMILES string of the molecule is CC(C)OC1CCCC1.CC(C)OC1CCCCC1.CC(C)OC1CCCCC1.CC(C)OC1CCCN(C)C1.CC(C)OC1CCN(C(C)C)CC1.CC(C)OC1CCN(C)CC1.CC(C)OC1CCN(C2CC2)CC1.CC(C)OCc1ccccc1.CCN1CCC(OC(C)C)CC1. The van der Waals surface area contributed by atoms with Gasteiger partial charge in [0.2, 0.25) is 0 Å². The van der Waals surface area contributed by atoms with E-state index in [2.05, 4.69) is 182 Å². The second-order valence-electron chi connectivity index (χ2n) is 33.2. The molecule has 0 bridgehead atoms. The van der Waals surface area contributed by atoms with Crippen LogP contribution in [0.4, 0.5) is 0 Å². The topological polar surface area (TPSA) is 99.3 Å². The number of hydrogen-bond acceptors (Lipinski definition) is 14. The van der Waals surface area contributed by atoms with Crippen LogP contribution in [-0.2, 0) is 49.2 Å². The second-order valence-corrected chi connectivity index (χ2v) is 33.2. The molecule has 5 saturated heterocycles. The lowest BCUT2D eigenvalue weighted by molar-refractivity contribution is -0.0310. The van der Waals surface area contributed by atoms with Gasteiger partial charge in [-0.25, -0.2) is 0 Å². The minimum Gasteiger partial charge on any atom is -0.376 e. The van der Waals surface area contributed by atoms with Gasteiger partial charge in [0, 0.05) is 71.0 Å². The summed E-state index contributed by atoms with van der Waals surface area (Å²) in [7, 11) is 4.33. The quantitative estimate of drug-likeness (QED) is 0.110. The van der Waals surface area contributed by atoms with Crippen LogP contribution in [-0.4, -0.2) is 226 Å². The van der Waals surface area contributed by atoms with E-state index in [0.717, 1.165) is 19.2 Å². The predicted molar refractivity (Wildman–Crippen MR) is 426 cm³/mol. The fourth-order valence-electron chi connectivity index (χ4n) is 14.4. The predicted octanol–water partition coefficient (Wildman–Crippen LogP) is 19.7. The van der Waals surface area contributed by atoms with Crippen LogP contribution in [0.1, 0.15) is 318 Å². The molecule has 10 rings (SSSR count). The Balaban J connectivity index is 0.000000383. The van der Waals surface area contributed by atoms with E-state index in [9.17, 15) is 0 Å². The third-order valence-corrected chi connectivity index (χ3v) is 19.5. The second kappa shape index (κ2) is 57.8. The Morgan fingerprint density at radius 3 is 0.940 bits per heavy atom. The van der Waals surface area contributed by atoms with Crippen LogP contribution in [0, 0.1) is 0 Å². The zero-order chi connectivity index (χ0) is 74.2. The van der Waals surface area contributed by atoms with Gasteiger partial charge in [0.1, 0.15) is 0 Å². The lowest BCUT2D eigenvalue weighted by atomic mass is 9.98. The Hall–Kier alpha value is -1.34. The van der Waals surface area contributed by atoms with E-state index in [1.165, 1.54) is 238 Å². The van der Waals surface area contributed by atoms with Crippen LogP contribution in [0.15, 0.2) is 30.3 Å². The maximum Gasteiger partial charge on any atom is 0.0720 e. The van der Waals surface area contributed by atoms with Crippen molar-refractivity contribution < 1.29 is 42.6 Å². The summed E-state index contributed by atoms with van der Waals surface area (Å²) in [4.78, 5) is 12.4. The highest BCUT2D eigenvalue weighted by Gasteiger charge is 2.32. The van der Waals surface area contributed by atoms with Gasteiger partial charge in [0.15, 0.2) is 0 Å². The fraction of sp³-hybridized carbons (Fsp3) is 0.930. The molecule has 9 fully saturated rings. The van der Waals surface area contributed by atoms with Gasteiger partial charge in [0.25, 0.3) is 0 Å². The maximum absolute atomic E-state index is 5.81. The lowest BCUT2D eigenvalue weighted by Crippen LogP contribution is -2.41. The summed E-state index contributed by atoms with van der Waals surface area (Å²) in [5.74, 6) is 0. The van der Waals surface area contributed by atoms with Crippen LogP contribution in [0.3, 0.4) is 0 Å². The zero-order valence-corrected chi connectivity index (χ0v) is 70.1. The van der Waals surface area contributed by atoms with E-state index in [1.54, 1.807) is 0 Å².